The average molecular weight is 293 g/mol. The van der Waals surface area contributed by atoms with E-state index in [2.05, 4.69) is 0 Å². The lowest BCUT2D eigenvalue weighted by Gasteiger charge is -2.06. The van der Waals surface area contributed by atoms with Gasteiger partial charge in [-0.05, 0) is 19.1 Å². The van der Waals surface area contributed by atoms with Gasteiger partial charge in [0, 0.05) is 22.7 Å². The zero-order valence-electron chi connectivity index (χ0n) is 12.2. The Balaban J connectivity index is 2.09. The fourth-order valence-electron chi connectivity index (χ4n) is 2.46. The molecule has 1 aromatic heterocycles. The molecule has 0 spiro atoms. The van der Waals surface area contributed by atoms with Crippen molar-refractivity contribution < 1.29 is 14.3 Å². The van der Waals surface area contributed by atoms with E-state index in [1.165, 1.54) is 4.57 Å². The monoisotopic (exact) mass is 293 g/mol. The maximum absolute atomic E-state index is 12.6. The molecule has 0 atom stereocenters. The molecule has 0 unspecified atom stereocenters. The topological polar surface area (TPSA) is 48.3 Å². The molecule has 110 valence electrons. The lowest BCUT2D eigenvalue weighted by Crippen LogP contribution is -2.12. The number of aromatic nitrogens is 1. The van der Waals surface area contributed by atoms with Crippen LogP contribution in [0.4, 0.5) is 4.79 Å². The molecule has 1 heterocycles. The summed E-state index contributed by atoms with van der Waals surface area (Å²) in [5.74, 6) is -0.0622. The van der Waals surface area contributed by atoms with Crippen molar-refractivity contribution in [2.24, 2.45) is 0 Å². The van der Waals surface area contributed by atoms with Gasteiger partial charge in [-0.15, -0.1) is 0 Å². The summed E-state index contributed by atoms with van der Waals surface area (Å²) in [4.78, 5) is 24.6. The molecule has 22 heavy (non-hydrogen) atoms. The third-order valence-electron chi connectivity index (χ3n) is 3.48. The van der Waals surface area contributed by atoms with Crippen molar-refractivity contribution in [3.05, 3.63) is 71.9 Å². The Morgan fingerprint density at radius 1 is 1.00 bits per heavy atom. The van der Waals surface area contributed by atoms with Gasteiger partial charge in [0.25, 0.3) is 0 Å². The number of hydrogen-bond acceptors (Lipinski definition) is 3. The summed E-state index contributed by atoms with van der Waals surface area (Å²) in [6.07, 6.45) is 1.19. The van der Waals surface area contributed by atoms with E-state index in [1.807, 2.05) is 18.2 Å². The second-order valence-corrected chi connectivity index (χ2v) is 4.82. The van der Waals surface area contributed by atoms with E-state index >= 15 is 0 Å². The van der Waals surface area contributed by atoms with Gasteiger partial charge < -0.3 is 4.74 Å². The molecule has 0 N–H and O–H groups in total. The van der Waals surface area contributed by atoms with Crippen LogP contribution in [0.5, 0.6) is 0 Å². The highest BCUT2D eigenvalue weighted by molar-refractivity contribution is 6.16. The minimum Gasteiger partial charge on any atom is -0.449 e. The van der Waals surface area contributed by atoms with Gasteiger partial charge in [-0.1, -0.05) is 42.5 Å². The Kier molecular flexibility index (Phi) is 3.74. The van der Waals surface area contributed by atoms with Crippen molar-refractivity contribution in [1.82, 2.24) is 4.57 Å². The SMILES string of the molecule is CCOC(=O)n1ccc2c(C(=O)c3ccccc3)cccc21. The molecule has 0 aliphatic heterocycles. The van der Waals surface area contributed by atoms with Gasteiger partial charge in [-0.3, -0.25) is 9.36 Å². The average Bonchev–Trinajstić information content (AvgIpc) is 2.99. The molecule has 3 aromatic rings. The number of carbonyl (C=O) groups excluding carboxylic acids is 2. The van der Waals surface area contributed by atoms with E-state index in [-0.39, 0.29) is 5.78 Å². The van der Waals surface area contributed by atoms with Gasteiger partial charge in [0.2, 0.25) is 0 Å². The predicted molar refractivity (Wildman–Crippen MR) is 84.2 cm³/mol. The van der Waals surface area contributed by atoms with Crippen LogP contribution in [0.2, 0.25) is 0 Å². The number of nitrogens with zero attached hydrogens (tertiary/aromatic N) is 1. The molecular formula is C18H15NO3. The van der Waals surface area contributed by atoms with Crippen molar-refractivity contribution in [2.45, 2.75) is 6.92 Å². The molecular weight excluding hydrogens is 278 g/mol. The van der Waals surface area contributed by atoms with Crippen LogP contribution >= 0.6 is 0 Å². The Hall–Kier alpha value is -2.88. The van der Waals surface area contributed by atoms with E-state index < -0.39 is 6.09 Å². The molecule has 3 rings (SSSR count). The molecule has 0 aliphatic rings. The van der Waals surface area contributed by atoms with Gasteiger partial charge >= 0.3 is 6.09 Å². The number of carbonyl (C=O) groups is 2. The van der Waals surface area contributed by atoms with Crippen LogP contribution in [-0.2, 0) is 4.74 Å². The van der Waals surface area contributed by atoms with Crippen LogP contribution in [0.25, 0.3) is 10.9 Å². The number of fused-ring (bicyclic) bond motifs is 1. The maximum Gasteiger partial charge on any atom is 0.418 e. The van der Waals surface area contributed by atoms with Gasteiger partial charge in [0.05, 0.1) is 12.1 Å². The second kappa shape index (κ2) is 5.85. The molecule has 0 radical (unpaired) electrons. The standard InChI is InChI=1S/C18H15NO3/c1-2-22-18(21)19-12-11-14-15(9-6-10-16(14)19)17(20)13-7-4-3-5-8-13/h3-12H,2H2,1H3. The van der Waals surface area contributed by atoms with Crippen LogP contribution in [0.1, 0.15) is 22.8 Å². The molecule has 0 amide bonds. The van der Waals surface area contributed by atoms with Crippen LogP contribution in [0.15, 0.2) is 60.8 Å². The van der Waals surface area contributed by atoms with E-state index in [1.54, 1.807) is 49.5 Å². The fraction of sp³-hybridized carbons (Fsp3) is 0.111. The van der Waals surface area contributed by atoms with E-state index in [9.17, 15) is 9.59 Å². The fourth-order valence-corrected chi connectivity index (χ4v) is 2.46. The highest BCUT2D eigenvalue weighted by atomic mass is 16.5. The molecule has 0 saturated carbocycles. The predicted octanol–water partition coefficient (Wildman–Crippen LogP) is 3.88. The lowest BCUT2D eigenvalue weighted by atomic mass is 10.0. The van der Waals surface area contributed by atoms with Crippen molar-refractivity contribution in [3.8, 4) is 0 Å². The highest BCUT2D eigenvalue weighted by Crippen LogP contribution is 2.23. The Labute approximate surface area is 127 Å². The van der Waals surface area contributed by atoms with E-state index in [0.717, 1.165) is 5.39 Å². The van der Waals surface area contributed by atoms with Crippen molar-refractivity contribution in [1.29, 1.82) is 0 Å². The quantitative estimate of drug-likeness (QED) is 0.689. The third-order valence-corrected chi connectivity index (χ3v) is 3.48. The zero-order chi connectivity index (χ0) is 15.5. The number of rotatable bonds is 3. The van der Waals surface area contributed by atoms with E-state index in [4.69, 9.17) is 4.74 Å². The minimum atomic E-state index is -0.443. The van der Waals surface area contributed by atoms with Crippen molar-refractivity contribution in [3.63, 3.8) is 0 Å². The second-order valence-electron chi connectivity index (χ2n) is 4.82. The number of ketones is 1. The normalized spacial score (nSPS) is 10.6. The first-order valence-corrected chi connectivity index (χ1v) is 7.09. The molecule has 4 heteroatoms. The molecule has 0 aliphatic carbocycles. The summed E-state index contributed by atoms with van der Waals surface area (Å²) in [5.41, 5.74) is 1.87. The van der Waals surface area contributed by atoms with Gasteiger partial charge in [-0.2, -0.15) is 0 Å². The molecule has 4 nitrogen and oxygen atoms in total. The molecule has 0 bridgehead atoms. The molecule has 2 aromatic carbocycles. The minimum absolute atomic E-state index is 0.0622. The van der Waals surface area contributed by atoms with Crippen molar-refractivity contribution >= 4 is 22.8 Å². The Morgan fingerprint density at radius 2 is 1.77 bits per heavy atom. The summed E-state index contributed by atoms with van der Waals surface area (Å²) in [7, 11) is 0. The highest BCUT2D eigenvalue weighted by Gasteiger charge is 2.16. The molecule has 0 saturated heterocycles. The first-order chi connectivity index (χ1) is 10.7. The Morgan fingerprint density at radius 3 is 2.50 bits per heavy atom. The summed E-state index contributed by atoms with van der Waals surface area (Å²) in [6.45, 7) is 2.06. The van der Waals surface area contributed by atoms with Crippen molar-refractivity contribution in [2.75, 3.05) is 6.61 Å². The number of hydrogen-bond donors (Lipinski definition) is 0. The number of benzene rings is 2. The largest absolute Gasteiger partial charge is 0.449 e. The maximum atomic E-state index is 12.6. The molecule has 0 fully saturated rings. The lowest BCUT2D eigenvalue weighted by molar-refractivity contribution is 0.104. The number of ether oxygens (including phenoxy) is 1. The smallest absolute Gasteiger partial charge is 0.418 e. The first kappa shape index (κ1) is 14.1. The van der Waals surface area contributed by atoms with Crippen LogP contribution in [0, 0.1) is 0 Å². The Bertz CT molecular complexity index is 834. The van der Waals surface area contributed by atoms with Gasteiger partial charge in [0.15, 0.2) is 5.78 Å². The summed E-state index contributed by atoms with van der Waals surface area (Å²) >= 11 is 0. The van der Waals surface area contributed by atoms with Gasteiger partial charge in [-0.25, -0.2) is 4.79 Å². The van der Waals surface area contributed by atoms with E-state index in [0.29, 0.717) is 23.3 Å². The summed E-state index contributed by atoms with van der Waals surface area (Å²) in [6, 6.07) is 16.2. The first-order valence-electron chi connectivity index (χ1n) is 7.09. The van der Waals surface area contributed by atoms with Gasteiger partial charge in [0.1, 0.15) is 0 Å². The summed E-state index contributed by atoms with van der Waals surface area (Å²) < 4.78 is 6.44. The summed E-state index contributed by atoms with van der Waals surface area (Å²) in [5, 5.41) is 0.740. The van der Waals surface area contributed by atoms with Crippen LogP contribution < -0.4 is 0 Å². The zero-order valence-corrected chi connectivity index (χ0v) is 12.2. The van der Waals surface area contributed by atoms with Crippen LogP contribution in [-0.4, -0.2) is 23.1 Å². The third kappa shape index (κ3) is 2.39. The van der Waals surface area contributed by atoms with Crippen LogP contribution in [0.3, 0.4) is 0 Å².